The highest BCUT2D eigenvalue weighted by Gasteiger charge is 2.03. The first-order chi connectivity index (χ1) is 6.24. The van der Waals surface area contributed by atoms with E-state index in [2.05, 4.69) is 16.7 Å². The number of nitrogens with zero attached hydrogens (tertiary/aromatic N) is 1. The highest BCUT2D eigenvalue weighted by atomic mass is 16.1. The Hall–Kier alpha value is -1.08. The Morgan fingerprint density at radius 1 is 1.54 bits per heavy atom. The third kappa shape index (κ3) is 6.12. The van der Waals surface area contributed by atoms with Crippen molar-refractivity contribution in [1.82, 2.24) is 10.6 Å². The van der Waals surface area contributed by atoms with Crippen LogP contribution in [0.1, 0.15) is 26.7 Å². The lowest BCUT2D eigenvalue weighted by Gasteiger charge is -2.08. The molecule has 0 radical (unpaired) electrons. The molecule has 0 aliphatic heterocycles. The minimum Gasteiger partial charge on any atom is -0.356 e. The average Bonchev–Trinajstić information content (AvgIpc) is 2.13. The number of carbonyl (C=O) groups is 1. The van der Waals surface area contributed by atoms with Crippen LogP contribution in [0.15, 0.2) is 0 Å². The molecule has 0 aliphatic carbocycles. The summed E-state index contributed by atoms with van der Waals surface area (Å²) in [5.41, 5.74) is 0. The molecule has 4 heteroatoms. The Morgan fingerprint density at radius 3 is 2.69 bits per heavy atom. The van der Waals surface area contributed by atoms with Gasteiger partial charge in [0.15, 0.2) is 0 Å². The van der Waals surface area contributed by atoms with Crippen LogP contribution in [0.3, 0.4) is 0 Å². The molecule has 0 fully saturated rings. The van der Waals surface area contributed by atoms with Crippen molar-refractivity contribution in [3.05, 3.63) is 0 Å². The van der Waals surface area contributed by atoms with Gasteiger partial charge in [0.2, 0.25) is 5.91 Å². The summed E-state index contributed by atoms with van der Waals surface area (Å²) in [5, 5.41) is 14.3. The van der Waals surface area contributed by atoms with E-state index < -0.39 is 0 Å². The Labute approximate surface area is 79.3 Å². The largest absolute Gasteiger partial charge is 0.356 e. The van der Waals surface area contributed by atoms with Crippen molar-refractivity contribution in [2.45, 2.75) is 32.7 Å². The van der Waals surface area contributed by atoms with Gasteiger partial charge in [-0.3, -0.25) is 4.79 Å². The van der Waals surface area contributed by atoms with E-state index in [1.54, 1.807) is 0 Å². The molecule has 0 saturated heterocycles. The maximum atomic E-state index is 11.0. The fourth-order valence-corrected chi connectivity index (χ4v) is 0.927. The van der Waals surface area contributed by atoms with Crippen LogP contribution in [-0.4, -0.2) is 25.0 Å². The molecule has 0 bridgehead atoms. The number of hydrogen-bond donors (Lipinski definition) is 2. The molecule has 0 aliphatic rings. The SMILES string of the molecule is CCNC(=O)CCNC(C#N)CC. The van der Waals surface area contributed by atoms with Crippen LogP contribution in [-0.2, 0) is 4.79 Å². The predicted octanol–water partition coefficient (Wildman–Crippen LogP) is 0.404. The van der Waals surface area contributed by atoms with Crippen molar-refractivity contribution in [3.8, 4) is 6.07 Å². The third-order valence-electron chi connectivity index (χ3n) is 1.68. The van der Waals surface area contributed by atoms with Crippen LogP contribution in [0.2, 0.25) is 0 Å². The fraction of sp³-hybridized carbons (Fsp3) is 0.778. The number of hydrogen-bond acceptors (Lipinski definition) is 3. The highest BCUT2D eigenvalue weighted by Crippen LogP contribution is 1.88. The predicted molar refractivity (Wildman–Crippen MR) is 51.0 cm³/mol. The lowest BCUT2D eigenvalue weighted by molar-refractivity contribution is -0.120. The lowest BCUT2D eigenvalue weighted by Crippen LogP contribution is -2.32. The Morgan fingerprint density at radius 2 is 2.23 bits per heavy atom. The van der Waals surface area contributed by atoms with E-state index in [1.165, 1.54) is 0 Å². The number of amides is 1. The monoisotopic (exact) mass is 183 g/mol. The van der Waals surface area contributed by atoms with E-state index in [0.29, 0.717) is 19.5 Å². The van der Waals surface area contributed by atoms with Gasteiger partial charge in [0.05, 0.1) is 12.1 Å². The first-order valence-corrected chi connectivity index (χ1v) is 4.64. The van der Waals surface area contributed by atoms with Gasteiger partial charge in [-0.15, -0.1) is 0 Å². The molecule has 0 saturated carbocycles. The zero-order chi connectivity index (χ0) is 10.1. The van der Waals surface area contributed by atoms with Crippen molar-refractivity contribution in [3.63, 3.8) is 0 Å². The zero-order valence-electron chi connectivity index (χ0n) is 8.26. The van der Waals surface area contributed by atoms with Gasteiger partial charge in [-0.2, -0.15) is 5.26 Å². The van der Waals surface area contributed by atoms with E-state index in [9.17, 15) is 4.79 Å². The van der Waals surface area contributed by atoms with Gasteiger partial charge in [-0.1, -0.05) is 6.92 Å². The van der Waals surface area contributed by atoms with Crippen molar-refractivity contribution in [2.75, 3.05) is 13.1 Å². The highest BCUT2D eigenvalue weighted by molar-refractivity contribution is 5.75. The van der Waals surface area contributed by atoms with E-state index in [4.69, 9.17) is 5.26 Å². The van der Waals surface area contributed by atoms with Gasteiger partial charge < -0.3 is 10.6 Å². The van der Waals surface area contributed by atoms with Gasteiger partial charge in [-0.05, 0) is 13.3 Å². The molecule has 1 amide bonds. The zero-order valence-corrected chi connectivity index (χ0v) is 8.26. The summed E-state index contributed by atoms with van der Waals surface area (Å²) in [4.78, 5) is 11.0. The van der Waals surface area contributed by atoms with Gasteiger partial charge in [0.25, 0.3) is 0 Å². The van der Waals surface area contributed by atoms with Crippen LogP contribution in [0.4, 0.5) is 0 Å². The minimum atomic E-state index is -0.130. The molecule has 0 aromatic heterocycles. The fourth-order valence-electron chi connectivity index (χ4n) is 0.927. The van der Waals surface area contributed by atoms with E-state index >= 15 is 0 Å². The molecule has 2 N–H and O–H groups in total. The van der Waals surface area contributed by atoms with E-state index in [0.717, 1.165) is 6.42 Å². The summed E-state index contributed by atoms with van der Waals surface area (Å²) in [7, 11) is 0. The van der Waals surface area contributed by atoms with Crippen molar-refractivity contribution in [2.24, 2.45) is 0 Å². The normalized spacial score (nSPS) is 11.8. The maximum absolute atomic E-state index is 11.0. The first-order valence-electron chi connectivity index (χ1n) is 4.64. The average molecular weight is 183 g/mol. The van der Waals surface area contributed by atoms with Crippen molar-refractivity contribution >= 4 is 5.91 Å². The first kappa shape index (κ1) is 11.9. The number of carbonyl (C=O) groups excluding carboxylic acids is 1. The van der Waals surface area contributed by atoms with E-state index in [1.807, 2.05) is 13.8 Å². The number of rotatable bonds is 6. The van der Waals surface area contributed by atoms with Crippen LogP contribution >= 0.6 is 0 Å². The smallest absolute Gasteiger partial charge is 0.221 e. The standard InChI is InChI=1S/C9H17N3O/c1-3-8(7-10)12-6-5-9(13)11-4-2/h8,12H,3-6H2,1-2H3,(H,11,13). The molecule has 0 rings (SSSR count). The Balaban J connectivity index is 3.44. The quantitative estimate of drug-likeness (QED) is 0.626. The minimum absolute atomic E-state index is 0.0304. The number of nitriles is 1. The van der Waals surface area contributed by atoms with Crippen LogP contribution in [0, 0.1) is 11.3 Å². The van der Waals surface area contributed by atoms with Gasteiger partial charge in [-0.25, -0.2) is 0 Å². The molecule has 0 aromatic rings. The summed E-state index contributed by atoms with van der Waals surface area (Å²) in [6.07, 6.45) is 1.21. The molecule has 1 atom stereocenters. The molecule has 13 heavy (non-hydrogen) atoms. The Kier molecular flexibility index (Phi) is 6.93. The second-order valence-corrected chi connectivity index (χ2v) is 2.75. The molecule has 0 aromatic carbocycles. The summed E-state index contributed by atoms with van der Waals surface area (Å²) in [6, 6.07) is 1.98. The molecule has 0 heterocycles. The number of nitrogens with one attached hydrogen (secondary N) is 2. The van der Waals surface area contributed by atoms with Crippen LogP contribution < -0.4 is 10.6 Å². The molecular formula is C9H17N3O. The molecule has 4 nitrogen and oxygen atoms in total. The Bertz CT molecular complexity index is 186. The second kappa shape index (κ2) is 7.56. The topological polar surface area (TPSA) is 64.9 Å². The molecule has 0 spiro atoms. The lowest BCUT2D eigenvalue weighted by atomic mass is 10.2. The third-order valence-corrected chi connectivity index (χ3v) is 1.68. The second-order valence-electron chi connectivity index (χ2n) is 2.75. The summed E-state index contributed by atoms with van der Waals surface area (Å²) >= 11 is 0. The molecule has 1 unspecified atom stereocenters. The summed E-state index contributed by atoms with van der Waals surface area (Å²) in [5.74, 6) is 0.0304. The van der Waals surface area contributed by atoms with Crippen molar-refractivity contribution in [1.29, 1.82) is 5.26 Å². The molecule has 74 valence electrons. The van der Waals surface area contributed by atoms with Crippen molar-refractivity contribution < 1.29 is 4.79 Å². The maximum Gasteiger partial charge on any atom is 0.221 e. The van der Waals surface area contributed by atoms with E-state index in [-0.39, 0.29) is 11.9 Å². The van der Waals surface area contributed by atoms with Crippen LogP contribution in [0.5, 0.6) is 0 Å². The molecular weight excluding hydrogens is 166 g/mol. The van der Waals surface area contributed by atoms with Gasteiger partial charge >= 0.3 is 0 Å². The van der Waals surface area contributed by atoms with Crippen LogP contribution in [0.25, 0.3) is 0 Å². The van der Waals surface area contributed by atoms with Gasteiger partial charge in [0, 0.05) is 19.5 Å². The summed E-state index contributed by atoms with van der Waals surface area (Å²) < 4.78 is 0. The van der Waals surface area contributed by atoms with Gasteiger partial charge in [0.1, 0.15) is 0 Å². The summed E-state index contributed by atoms with van der Waals surface area (Å²) in [6.45, 7) is 5.05.